The maximum Gasteiger partial charge on any atom is 0.308 e. The molecule has 0 bridgehead atoms. The van der Waals surface area contributed by atoms with Crippen LogP contribution in [0.2, 0.25) is 0 Å². The van der Waals surface area contributed by atoms with Gasteiger partial charge in [0.2, 0.25) is 0 Å². The molecule has 0 unspecified atom stereocenters. The van der Waals surface area contributed by atoms with E-state index in [0.717, 1.165) is 22.4 Å². The van der Waals surface area contributed by atoms with E-state index < -0.39 is 16.8 Å². The van der Waals surface area contributed by atoms with Gasteiger partial charge >= 0.3 is 5.97 Å². The average Bonchev–Trinajstić information content (AvgIpc) is 3.04. The third-order valence-corrected chi connectivity index (χ3v) is 6.33. The van der Waals surface area contributed by atoms with Crippen molar-refractivity contribution in [2.24, 2.45) is 10.4 Å². The Bertz CT molecular complexity index is 1330. The van der Waals surface area contributed by atoms with Crippen molar-refractivity contribution in [3.8, 4) is 0 Å². The van der Waals surface area contributed by atoms with Crippen molar-refractivity contribution in [3.05, 3.63) is 92.2 Å². The van der Waals surface area contributed by atoms with Gasteiger partial charge in [0.05, 0.1) is 10.6 Å². The average molecular weight is 442 g/mol. The number of fused-ring (bicyclic) bond motifs is 3. The Morgan fingerprint density at radius 1 is 1.06 bits per heavy atom. The molecule has 0 saturated heterocycles. The van der Waals surface area contributed by atoms with Crippen molar-refractivity contribution in [1.29, 1.82) is 0 Å². The Balaban J connectivity index is 1.79. The molecule has 33 heavy (non-hydrogen) atoms. The van der Waals surface area contributed by atoms with Crippen molar-refractivity contribution in [3.63, 3.8) is 0 Å². The molecule has 3 aliphatic rings. The zero-order valence-electron chi connectivity index (χ0n) is 18.5. The SMILES string of the molecule is CC(=O)OC1=C2C(=NC3=C(C(=O)CC(C)(C)C3)[C@@H]2c2ccc([N+](=O)[O-])cc2)c2ccccc21. The second-order valence-corrected chi connectivity index (χ2v) is 9.43. The van der Waals surface area contributed by atoms with Gasteiger partial charge in [-0.25, -0.2) is 0 Å². The van der Waals surface area contributed by atoms with Crippen LogP contribution in [0.3, 0.4) is 0 Å². The van der Waals surface area contributed by atoms with Crippen molar-refractivity contribution in [2.45, 2.75) is 39.5 Å². The standard InChI is InChI=1S/C26H22N2O5/c1-14(29)33-25-18-7-5-4-6-17(18)24-23(25)21(15-8-10-16(11-9-15)28(31)32)22-19(27-24)12-26(2,3)13-20(22)30/h4-11,21H,12-13H2,1-3H3/t21-/m0/s1. The number of Topliss-reactive ketones (excluding diaryl/α,β-unsaturated/α-hetero) is 1. The Labute approximate surface area is 190 Å². The predicted molar refractivity (Wildman–Crippen MR) is 123 cm³/mol. The minimum Gasteiger partial charge on any atom is -0.426 e. The second kappa shape index (κ2) is 7.33. The highest BCUT2D eigenvalue weighted by Gasteiger charge is 2.46. The second-order valence-electron chi connectivity index (χ2n) is 9.43. The van der Waals surface area contributed by atoms with Gasteiger partial charge < -0.3 is 4.74 Å². The number of ketones is 1. The van der Waals surface area contributed by atoms with E-state index in [1.807, 2.05) is 38.1 Å². The number of nitrogens with zero attached hydrogens (tertiary/aromatic N) is 2. The fraction of sp³-hybridized carbons (Fsp3) is 0.269. The number of ether oxygens (including phenoxy) is 1. The van der Waals surface area contributed by atoms with Gasteiger partial charge in [-0.05, 0) is 17.4 Å². The van der Waals surface area contributed by atoms with Crippen molar-refractivity contribution < 1.29 is 19.2 Å². The molecule has 2 aromatic carbocycles. The van der Waals surface area contributed by atoms with Gasteiger partial charge in [0.25, 0.3) is 5.69 Å². The number of hydrogen-bond acceptors (Lipinski definition) is 6. The van der Waals surface area contributed by atoms with Crippen LogP contribution in [-0.4, -0.2) is 22.4 Å². The Kier molecular flexibility index (Phi) is 4.67. The van der Waals surface area contributed by atoms with Crippen molar-refractivity contribution >= 4 is 28.9 Å². The van der Waals surface area contributed by atoms with Gasteiger partial charge in [0, 0.05) is 59.4 Å². The number of non-ortho nitro benzene ring substituents is 1. The molecule has 0 N–H and O–H groups in total. The number of nitro benzene ring substituents is 1. The van der Waals surface area contributed by atoms with Gasteiger partial charge in [-0.2, -0.15) is 0 Å². The van der Waals surface area contributed by atoms with Crippen LogP contribution in [0, 0.1) is 15.5 Å². The number of carbonyl (C=O) groups is 2. The van der Waals surface area contributed by atoms with Crippen LogP contribution in [0.1, 0.15) is 56.2 Å². The van der Waals surface area contributed by atoms with E-state index in [0.29, 0.717) is 35.5 Å². The smallest absolute Gasteiger partial charge is 0.308 e. The molecule has 0 radical (unpaired) electrons. The van der Waals surface area contributed by atoms with Crippen molar-refractivity contribution in [1.82, 2.24) is 0 Å². The van der Waals surface area contributed by atoms with Crippen LogP contribution >= 0.6 is 0 Å². The molecular formula is C26H22N2O5. The minimum atomic E-state index is -0.529. The van der Waals surface area contributed by atoms with Crippen LogP contribution in [0.25, 0.3) is 5.76 Å². The number of hydrogen-bond donors (Lipinski definition) is 0. The molecule has 7 heteroatoms. The van der Waals surface area contributed by atoms with E-state index in [4.69, 9.17) is 9.73 Å². The summed E-state index contributed by atoms with van der Waals surface area (Å²) in [6.07, 6.45) is 1.02. The first-order valence-electron chi connectivity index (χ1n) is 10.8. The molecule has 2 aromatic rings. The fourth-order valence-electron chi connectivity index (χ4n) is 5.06. The minimum absolute atomic E-state index is 0.00182. The molecule has 0 aromatic heterocycles. The summed E-state index contributed by atoms with van der Waals surface area (Å²) < 4.78 is 5.69. The maximum atomic E-state index is 13.4. The summed E-state index contributed by atoms with van der Waals surface area (Å²) in [6, 6.07) is 13.8. The van der Waals surface area contributed by atoms with Crippen LogP contribution < -0.4 is 0 Å². The molecule has 0 amide bonds. The van der Waals surface area contributed by atoms with E-state index in [-0.39, 0.29) is 16.9 Å². The fourth-order valence-corrected chi connectivity index (χ4v) is 5.06. The highest BCUT2D eigenvalue weighted by molar-refractivity contribution is 6.26. The molecule has 1 atom stereocenters. The van der Waals surface area contributed by atoms with E-state index in [2.05, 4.69) is 0 Å². The molecule has 7 nitrogen and oxygen atoms in total. The highest BCUT2D eigenvalue weighted by atomic mass is 16.6. The first kappa shape index (κ1) is 21.0. The van der Waals surface area contributed by atoms with Crippen LogP contribution in [0.15, 0.2) is 70.4 Å². The first-order chi connectivity index (χ1) is 15.7. The zero-order chi connectivity index (χ0) is 23.5. The van der Waals surface area contributed by atoms with E-state index in [9.17, 15) is 19.7 Å². The van der Waals surface area contributed by atoms with Gasteiger partial charge in [-0.3, -0.25) is 24.7 Å². The first-order valence-corrected chi connectivity index (χ1v) is 10.8. The summed E-state index contributed by atoms with van der Waals surface area (Å²) in [5.74, 6) is -0.604. The molecule has 166 valence electrons. The number of rotatable bonds is 3. The maximum absolute atomic E-state index is 13.4. The highest BCUT2D eigenvalue weighted by Crippen LogP contribution is 2.52. The molecule has 5 rings (SSSR count). The number of benzene rings is 2. The topological polar surface area (TPSA) is 98.9 Å². The van der Waals surface area contributed by atoms with Gasteiger partial charge in [-0.1, -0.05) is 50.2 Å². The summed E-state index contributed by atoms with van der Waals surface area (Å²) >= 11 is 0. The summed E-state index contributed by atoms with van der Waals surface area (Å²) in [6.45, 7) is 5.44. The van der Waals surface area contributed by atoms with Crippen LogP contribution in [-0.2, 0) is 14.3 Å². The Morgan fingerprint density at radius 2 is 1.73 bits per heavy atom. The third-order valence-electron chi connectivity index (χ3n) is 6.33. The lowest BCUT2D eigenvalue weighted by Gasteiger charge is -2.37. The van der Waals surface area contributed by atoms with Crippen LogP contribution in [0.5, 0.6) is 0 Å². The van der Waals surface area contributed by atoms with Gasteiger partial charge in [-0.15, -0.1) is 0 Å². The van der Waals surface area contributed by atoms with E-state index in [1.165, 1.54) is 19.1 Å². The van der Waals surface area contributed by atoms with Crippen LogP contribution in [0.4, 0.5) is 5.69 Å². The molecule has 1 aliphatic heterocycles. The molecule has 0 fully saturated rings. The summed E-state index contributed by atoms with van der Waals surface area (Å²) in [5, 5.41) is 11.2. The Morgan fingerprint density at radius 3 is 2.36 bits per heavy atom. The number of nitro groups is 1. The molecular weight excluding hydrogens is 420 g/mol. The lowest BCUT2D eigenvalue weighted by Crippen LogP contribution is -2.32. The van der Waals surface area contributed by atoms with Gasteiger partial charge in [0.1, 0.15) is 5.76 Å². The van der Waals surface area contributed by atoms with E-state index >= 15 is 0 Å². The number of esters is 1. The number of carbonyl (C=O) groups excluding carboxylic acids is 2. The largest absolute Gasteiger partial charge is 0.426 e. The summed E-state index contributed by atoms with van der Waals surface area (Å²) in [5.41, 5.74) is 4.73. The van der Waals surface area contributed by atoms with E-state index in [1.54, 1.807) is 12.1 Å². The number of allylic oxidation sites excluding steroid dienone is 3. The molecule has 2 aliphatic carbocycles. The summed E-state index contributed by atoms with van der Waals surface area (Å²) in [7, 11) is 0. The molecule has 0 saturated carbocycles. The molecule has 1 heterocycles. The zero-order valence-corrected chi connectivity index (χ0v) is 18.5. The molecule has 0 spiro atoms. The Hall–Kier alpha value is -3.87. The predicted octanol–water partition coefficient (Wildman–Crippen LogP) is 5.11. The third kappa shape index (κ3) is 3.40. The quantitative estimate of drug-likeness (QED) is 0.374. The lowest BCUT2D eigenvalue weighted by atomic mass is 9.68. The normalized spacial score (nSPS) is 20.6. The van der Waals surface area contributed by atoms with Gasteiger partial charge in [0.15, 0.2) is 5.78 Å². The van der Waals surface area contributed by atoms with Crippen molar-refractivity contribution in [2.75, 3.05) is 0 Å². The summed E-state index contributed by atoms with van der Waals surface area (Å²) in [4.78, 5) is 41.2. The number of aliphatic imine (C=N–C) groups is 1. The lowest BCUT2D eigenvalue weighted by molar-refractivity contribution is -0.384. The monoisotopic (exact) mass is 442 g/mol.